The molecule has 0 radical (unpaired) electrons. The number of thiol groups is 1. The zero-order chi connectivity index (χ0) is 28.7. The molecule has 1 heterocycles. The molecule has 0 aliphatic rings. The average Bonchev–Trinajstić information content (AvgIpc) is 2.93. The minimum Gasteiger partial charge on any atom is -0.248 e. The lowest BCUT2D eigenvalue weighted by Crippen LogP contribution is -2.10. The van der Waals surface area contributed by atoms with Gasteiger partial charge in [-0.3, -0.25) is 0 Å². The van der Waals surface area contributed by atoms with Crippen molar-refractivity contribution < 1.29 is 0 Å². The van der Waals surface area contributed by atoms with Gasteiger partial charge in [-0.15, -0.1) is 12.6 Å². The summed E-state index contributed by atoms with van der Waals surface area (Å²) in [5, 5.41) is 0. The molecule has 0 fully saturated rings. The topological polar surface area (TPSA) is 12.9 Å². The smallest absolute Gasteiger partial charge is 0.0720 e. The molecule has 0 saturated heterocycles. The van der Waals surface area contributed by atoms with Crippen molar-refractivity contribution in [3.05, 3.63) is 120 Å². The van der Waals surface area contributed by atoms with Crippen LogP contribution in [0.15, 0.2) is 108 Å². The summed E-state index contributed by atoms with van der Waals surface area (Å²) in [7, 11) is 0. The van der Waals surface area contributed by atoms with E-state index in [1.54, 1.807) is 0 Å². The number of nitrogens with zero attached hydrogens (tertiary/aromatic N) is 1. The third-order valence-electron chi connectivity index (χ3n) is 7.57. The van der Waals surface area contributed by atoms with Crippen molar-refractivity contribution in [1.29, 1.82) is 0 Å². The van der Waals surface area contributed by atoms with Gasteiger partial charge in [-0.1, -0.05) is 108 Å². The lowest BCUT2D eigenvalue weighted by Gasteiger charge is -2.20. The summed E-state index contributed by atoms with van der Waals surface area (Å²) in [5.41, 5.74) is 12.9. The molecule has 1 nitrogen and oxygen atoms in total. The van der Waals surface area contributed by atoms with Gasteiger partial charge in [0.1, 0.15) is 0 Å². The van der Waals surface area contributed by atoms with E-state index in [-0.39, 0.29) is 10.8 Å². The Morgan fingerprint density at radius 1 is 0.500 bits per heavy atom. The highest BCUT2D eigenvalue weighted by atomic mass is 32.1. The van der Waals surface area contributed by atoms with Gasteiger partial charge in [0, 0.05) is 16.0 Å². The van der Waals surface area contributed by atoms with Crippen LogP contribution in [-0.2, 0) is 10.8 Å². The van der Waals surface area contributed by atoms with Gasteiger partial charge in [-0.2, -0.15) is 0 Å². The van der Waals surface area contributed by atoms with Gasteiger partial charge >= 0.3 is 0 Å². The summed E-state index contributed by atoms with van der Waals surface area (Å²) >= 11 is 4.72. The first-order chi connectivity index (χ1) is 18.9. The Balaban J connectivity index is 1.65. The van der Waals surface area contributed by atoms with Gasteiger partial charge in [0.15, 0.2) is 0 Å². The number of hydrogen-bond donors (Lipinski definition) is 1. The van der Waals surface area contributed by atoms with Crippen LogP contribution >= 0.6 is 12.6 Å². The van der Waals surface area contributed by atoms with Crippen LogP contribution in [0.2, 0.25) is 0 Å². The molecule has 4 aromatic carbocycles. The summed E-state index contributed by atoms with van der Waals surface area (Å²) < 4.78 is 0. The fourth-order valence-electron chi connectivity index (χ4n) is 5.03. The predicted octanol–water partition coefficient (Wildman–Crippen LogP) is 10.9. The second-order valence-electron chi connectivity index (χ2n) is 12.9. The maximum atomic E-state index is 5.13. The van der Waals surface area contributed by atoms with Crippen LogP contribution in [0.5, 0.6) is 0 Å². The Morgan fingerprint density at radius 3 is 1.48 bits per heavy atom. The van der Waals surface area contributed by atoms with Crippen LogP contribution < -0.4 is 0 Å². The lowest BCUT2D eigenvalue weighted by molar-refractivity contribution is 0.590. The first-order valence-electron chi connectivity index (χ1n) is 14.0. The molecule has 2 heteroatoms. The van der Waals surface area contributed by atoms with Crippen LogP contribution in [0.3, 0.4) is 0 Å². The third kappa shape index (κ3) is 6.08. The van der Waals surface area contributed by atoms with Gasteiger partial charge in [0.2, 0.25) is 0 Å². The normalized spacial score (nSPS) is 12.0. The van der Waals surface area contributed by atoms with Crippen LogP contribution in [0.25, 0.3) is 44.8 Å². The van der Waals surface area contributed by atoms with Crippen molar-refractivity contribution in [2.75, 3.05) is 0 Å². The summed E-state index contributed by atoms with van der Waals surface area (Å²) in [6.45, 7) is 15.6. The fourth-order valence-corrected chi connectivity index (χ4v) is 5.29. The molecule has 0 N–H and O–H groups in total. The first-order valence-corrected chi connectivity index (χ1v) is 14.5. The summed E-state index contributed by atoms with van der Waals surface area (Å²) in [4.78, 5) is 6.06. The van der Waals surface area contributed by atoms with Crippen molar-refractivity contribution in [1.82, 2.24) is 4.98 Å². The standard InChI is InChI=1S/C38H39NS/c1-25-11-20-36(40)33(21-25)35-10-8-9-34(39-35)30-23-28(26-12-16-31(17-13-26)37(2,3)4)22-29(24-30)27-14-18-32(19-15-27)38(5,6)7/h8-24,40H,1-7H3. The molecule has 0 amide bonds. The molecule has 5 rings (SSSR count). The zero-order valence-electron chi connectivity index (χ0n) is 24.7. The van der Waals surface area contributed by atoms with E-state index in [1.165, 1.54) is 38.9 Å². The Labute approximate surface area is 245 Å². The summed E-state index contributed by atoms with van der Waals surface area (Å²) in [6.07, 6.45) is 0. The number of benzene rings is 4. The molecule has 40 heavy (non-hydrogen) atoms. The Hall–Kier alpha value is -3.62. The van der Waals surface area contributed by atoms with E-state index >= 15 is 0 Å². The molecule has 0 spiro atoms. The van der Waals surface area contributed by atoms with E-state index < -0.39 is 0 Å². The second-order valence-corrected chi connectivity index (χ2v) is 13.4. The van der Waals surface area contributed by atoms with E-state index in [0.717, 1.165) is 27.4 Å². The number of hydrogen-bond acceptors (Lipinski definition) is 2. The van der Waals surface area contributed by atoms with E-state index in [4.69, 9.17) is 17.6 Å². The summed E-state index contributed by atoms with van der Waals surface area (Å²) in [5.74, 6) is 0. The number of rotatable bonds is 4. The molecule has 0 saturated carbocycles. The molecule has 5 aromatic rings. The molecule has 0 bridgehead atoms. The minimum absolute atomic E-state index is 0.117. The second kappa shape index (κ2) is 10.7. The van der Waals surface area contributed by atoms with Gasteiger partial charge in [0.25, 0.3) is 0 Å². The predicted molar refractivity (Wildman–Crippen MR) is 175 cm³/mol. The monoisotopic (exact) mass is 541 g/mol. The van der Waals surface area contributed by atoms with Gasteiger partial charge in [-0.05, 0) is 93.6 Å². The summed E-state index contributed by atoms with van der Waals surface area (Å²) in [6, 6.07) is 37.4. The largest absolute Gasteiger partial charge is 0.248 e. The van der Waals surface area contributed by atoms with Crippen molar-refractivity contribution in [2.24, 2.45) is 0 Å². The molecule has 202 valence electrons. The zero-order valence-corrected chi connectivity index (χ0v) is 25.6. The van der Waals surface area contributed by atoms with Gasteiger partial charge in [-0.25, -0.2) is 4.98 Å². The maximum absolute atomic E-state index is 5.13. The van der Waals surface area contributed by atoms with E-state index in [1.807, 2.05) is 6.07 Å². The first kappa shape index (κ1) is 27.9. The molecular weight excluding hydrogens is 502 g/mol. The van der Waals surface area contributed by atoms with Crippen LogP contribution in [-0.4, -0.2) is 4.98 Å². The van der Waals surface area contributed by atoms with Crippen molar-refractivity contribution in [2.45, 2.75) is 64.2 Å². The number of pyridine rings is 1. The Kier molecular flexibility index (Phi) is 7.50. The molecule has 1 aromatic heterocycles. The highest BCUT2D eigenvalue weighted by Crippen LogP contribution is 2.35. The third-order valence-corrected chi connectivity index (χ3v) is 7.96. The fraction of sp³-hybridized carbons (Fsp3) is 0.237. The maximum Gasteiger partial charge on any atom is 0.0720 e. The highest BCUT2D eigenvalue weighted by Gasteiger charge is 2.16. The quantitative estimate of drug-likeness (QED) is 0.223. The van der Waals surface area contributed by atoms with Crippen molar-refractivity contribution in [3.63, 3.8) is 0 Å². The molecule has 0 aliphatic heterocycles. The van der Waals surface area contributed by atoms with Gasteiger partial charge < -0.3 is 0 Å². The lowest BCUT2D eigenvalue weighted by atomic mass is 9.85. The molecule has 0 unspecified atom stereocenters. The molecule has 0 atom stereocenters. The van der Waals surface area contributed by atoms with E-state index in [9.17, 15) is 0 Å². The van der Waals surface area contributed by atoms with Crippen LogP contribution in [0, 0.1) is 6.92 Å². The van der Waals surface area contributed by atoms with Crippen molar-refractivity contribution in [3.8, 4) is 44.8 Å². The molecular formula is C38H39NS. The molecule has 0 aliphatic carbocycles. The van der Waals surface area contributed by atoms with Crippen LogP contribution in [0.1, 0.15) is 58.2 Å². The number of aromatic nitrogens is 1. The van der Waals surface area contributed by atoms with Crippen LogP contribution in [0.4, 0.5) is 0 Å². The SMILES string of the molecule is Cc1ccc(S)c(-c2cccc(-c3cc(-c4ccc(C(C)(C)C)cc4)cc(-c4ccc(C(C)(C)C)cc4)c3)n2)c1. The highest BCUT2D eigenvalue weighted by molar-refractivity contribution is 7.80. The Bertz CT molecular complexity index is 1570. The van der Waals surface area contributed by atoms with Gasteiger partial charge in [0.05, 0.1) is 11.4 Å². The average molecular weight is 542 g/mol. The van der Waals surface area contributed by atoms with E-state index in [2.05, 4.69) is 146 Å². The van der Waals surface area contributed by atoms with Crippen molar-refractivity contribution >= 4 is 12.6 Å². The van der Waals surface area contributed by atoms with E-state index in [0.29, 0.717) is 0 Å². The minimum atomic E-state index is 0.117. The Morgan fingerprint density at radius 2 is 0.975 bits per heavy atom. The number of aryl methyl sites for hydroxylation is 1.